The zero-order valence-electron chi connectivity index (χ0n) is 7.24. The Kier molecular flexibility index (Phi) is 2.46. The molecule has 3 heteroatoms. The molecule has 0 aliphatic heterocycles. The van der Waals surface area contributed by atoms with Gasteiger partial charge in [-0.3, -0.25) is 0 Å². The van der Waals surface area contributed by atoms with Gasteiger partial charge in [-0.15, -0.1) is 0 Å². The summed E-state index contributed by atoms with van der Waals surface area (Å²) in [6.45, 7) is 0. The van der Waals surface area contributed by atoms with Gasteiger partial charge in [-0.25, -0.2) is 9.37 Å². The van der Waals surface area contributed by atoms with Gasteiger partial charge in [-0.1, -0.05) is 41.9 Å². The first-order chi connectivity index (χ1) is 6.77. The third-order valence-electron chi connectivity index (χ3n) is 1.86. The molecule has 2 aromatic rings. The molecule has 1 nitrogen and oxygen atoms in total. The smallest absolute Gasteiger partial charge is 0.149 e. The van der Waals surface area contributed by atoms with E-state index in [1.54, 1.807) is 12.1 Å². The summed E-state index contributed by atoms with van der Waals surface area (Å²) in [7, 11) is 0. The average Bonchev–Trinajstić information content (AvgIpc) is 2.23. The maximum absolute atomic E-state index is 13.3. The van der Waals surface area contributed by atoms with E-state index in [9.17, 15) is 4.39 Å². The Morgan fingerprint density at radius 3 is 2.43 bits per heavy atom. The number of hydrogen-bond acceptors (Lipinski definition) is 1. The summed E-state index contributed by atoms with van der Waals surface area (Å²) in [6.07, 6.45) is 0. The van der Waals surface area contributed by atoms with Crippen molar-refractivity contribution in [1.29, 1.82) is 0 Å². The largest absolute Gasteiger partial charge is 0.233 e. The first kappa shape index (κ1) is 9.16. The Bertz CT molecular complexity index is 442. The fraction of sp³-hybridized carbons (Fsp3) is 0. The molecule has 0 aliphatic rings. The van der Waals surface area contributed by atoms with Crippen LogP contribution in [0.25, 0.3) is 11.3 Å². The Labute approximate surface area is 86.2 Å². The van der Waals surface area contributed by atoms with Crippen molar-refractivity contribution in [3.63, 3.8) is 0 Å². The van der Waals surface area contributed by atoms with Gasteiger partial charge >= 0.3 is 0 Å². The fourth-order valence-electron chi connectivity index (χ4n) is 1.22. The number of pyridine rings is 1. The van der Waals surface area contributed by atoms with Gasteiger partial charge in [0.15, 0.2) is 0 Å². The second-order valence-electron chi connectivity index (χ2n) is 2.83. The fourth-order valence-corrected chi connectivity index (χ4v) is 1.36. The van der Waals surface area contributed by atoms with Gasteiger partial charge in [-0.2, -0.15) is 0 Å². The first-order valence-electron chi connectivity index (χ1n) is 4.15. The van der Waals surface area contributed by atoms with Crippen LogP contribution in [0.4, 0.5) is 4.39 Å². The molecule has 0 saturated heterocycles. The second-order valence-corrected chi connectivity index (χ2v) is 3.22. The lowest BCUT2D eigenvalue weighted by atomic mass is 10.1. The molecular weight excluding hydrogens is 201 g/mol. The minimum absolute atomic E-state index is 0.290. The van der Waals surface area contributed by atoms with Crippen molar-refractivity contribution in [1.82, 2.24) is 4.98 Å². The van der Waals surface area contributed by atoms with Gasteiger partial charge in [0.2, 0.25) is 0 Å². The van der Waals surface area contributed by atoms with Crippen molar-refractivity contribution in [3.05, 3.63) is 53.4 Å². The van der Waals surface area contributed by atoms with Crippen molar-refractivity contribution in [2.75, 3.05) is 0 Å². The Balaban J connectivity index is 2.57. The predicted octanol–water partition coefficient (Wildman–Crippen LogP) is 3.54. The minimum atomic E-state index is -0.361. The number of hydrogen-bond donors (Lipinski definition) is 0. The molecule has 1 aromatic carbocycles. The average molecular weight is 208 g/mol. The van der Waals surface area contributed by atoms with Crippen LogP contribution in [0.5, 0.6) is 0 Å². The van der Waals surface area contributed by atoms with Crippen molar-refractivity contribution in [3.8, 4) is 11.3 Å². The third kappa shape index (κ3) is 1.75. The van der Waals surface area contributed by atoms with E-state index in [-0.39, 0.29) is 11.5 Å². The molecule has 0 amide bonds. The van der Waals surface area contributed by atoms with Gasteiger partial charge in [0, 0.05) is 5.56 Å². The van der Waals surface area contributed by atoms with E-state index in [1.807, 2.05) is 18.2 Å². The molecular formula is C11H7ClFN. The maximum Gasteiger partial charge on any atom is 0.149 e. The van der Waals surface area contributed by atoms with Crippen LogP contribution in [0, 0.1) is 5.82 Å². The molecule has 0 unspecified atom stereocenters. The number of rotatable bonds is 1. The van der Waals surface area contributed by atoms with Crippen molar-refractivity contribution >= 4 is 11.6 Å². The highest BCUT2D eigenvalue weighted by molar-refractivity contribution is 6.29. The van der Waals surface area contributed by atoms with E-state index in [0.29, 0.717) is 5.15 Å². The van der Waals surface area contributed by atoms with Gasteiger partial charge in [-0.05, 0) is 12.1 Å². The molecule has 2 rings (SSSR count). The van der Waals surface area contributed by atoms with Crippen LogP contribution in [-0.2, 0) is 0 Å². The van der Waals surface area contributed by atoms with E-state index in [2.05, 4.69) is 4.98 Å². The lowest BCUT2D eigenvalue weighted by molar-refractivity contribution is 0.626. The third-order valence-corrected chi connectivity index (χ3v) is 2.07. The summed E-state index contributed by atoms with van der Waals surface area (Å²) in [5.74, 6) is -0.361. The molecule has 0 radical (unpaired) electrons. The highest BCUT2D eigenvalue weighted by atomic mass is 35.5. The van der Waals surface area contributed by atoms with Crippen molar-refractivity contribution < 1.29 is 4.39 Å². The van der Waals surface area contributed by atoms with Gasteiger partial charge in [0.05, 0.1) is 0 Å². The second kappa shape index (κ2) is 3.76. The minimum Gasteiger partial charge on any atom is -0.233 e. The molecule has 14 heavy (non-hydrogen) atoms. The first-order valence-corrected chi connectivity index (χ1v) is 4.52. The van der Waals surface area contributed by atoms with E-state index < -0.39 is 0 Å². The summed E-state index contributed by atoms with van der Waals surface area (Å²) in [5, 5.41) is 0.297. The van der Waals surface area contributed by atoms with Crippen LogP contribution in [0.15, 0.2) is 42.5 Å². The molecule has 0 saturated carbocycles. The Hall–Kier alpha value is -1.41. The topological polar surface area (TPSA) is 12.9 Å². The van der Waals surface area contributed by atoms with Gasteiger partial charge in [0.1, 0.15) is 16.7 Å². The normalized spacial score (nSPS) is 10.1. The lowest BCUT2D eigenvalue weighted by Gasteiger charge is -2.01. The Morgan fingerprint density at radius 2 is 1.71 bits per heavy atom. The maximum atomic E-state index is 13.3. The number of nitrogens with zero attached hydrogens (tertiary/aromatic N) is 1. The molecule has 0 spiro atoms. The van der Waals surface area contributed by atoms with Crippen LogP contribution >= 0.6 is 11.6 Å². The van der Waals surface area contributed by atoms with Gasteiger partial charge in [0.25, 0.3) is 0 Å². The molecule has 70 valence electrons. The predicted molar refractivity (Wildman–Crippen MR) is 54.6 cm³/mol. The quantitative estimate of drug-likeness (QED) is 0.652. The summed E-state index contributed by atoms with van der Waals surface area (Å²) in [6, 6.07) is 11.9. The van der Waals surface area contributed by atoms with Gasteiger partial charge < -0.3 is 0 Å². The van der Waals surface area contributed by atoms with Crippen LogP contribution in [0.2, 0.25) is 5.15 Å². The number of aromatic nitrogens is 1. The van der Waals surface area contributed by atoms with Crippen molar-refractivity contribution in [2.24, 2.45) is 0 Å². The van der Waals surface area contributed by atoms with E-state index in [1.165, 1.54) is 12.1 Å². The molecule has 0 aliphatic carbocycles. The Morgan fingerprint density at radius 1 is 1.00 bits per heavy atom. The van der Waals surface area contributed by atoms with Crippen LogP contribution < -0.4 is 0 Å². The summed E-state index contributed by atoms with van der Waals surface area (Å²) in [5.41, 5.74) is 1.02. The molecule has 0 fully saturated rings. The zero-order chi connectivity index (χ0) is 9.97. The monoisotopic (exact) mass is 207 g/mol. The zero-order valence-corrected chi connectivity index (χ0v) is 8.00. The van der Waals surface area contributed by atoms with Crippen molar-refractivity contribution in [2.45, 2.75) is 0 Å². The summed E-state index contributed by atoms with van der Waals surface area (Å²) < 4.78 is 13.3. The number of halogens is 2. The van der Waals surface area contributed by atoms with Crippen LogP contribution in [-0.4, -0.2) is 4.98 Å². The highest BCUT2D eigenvalue weighted by Gasteiger charge is 2.06. The highest BCUT2D eigenvalue weighted by Crippen LogP contribution is 2.21. The molecule has 0 bridgehead atoms. The standard InChI is InChI=1S/C11H7ClFN/c12-10-7-6-9(13)11(14-10)8-4-2-1-3-5-8/h1-7H. The number of benzene rings is 1. The lowest BCUT2D eigenvalue weighted by Crippen LogP contribution is -1.88. The SMILES string of the molecule is Fc1ccc(Cl)nc1-c1ccccc1. The molecule has 0 N–H and O–H groups in total. The van der Waals surface area contributed by atoms with Crippen LogP contribution in [0.3, 0.4) is 0 Å². The summed E-state index contributed by atoms with van der Waals surface area (Å²) >= 11 is 5.69. The van der Waals surface area contributed by atoms with Crippen LogP contribution in [0.1, 0.15) is 0 Å². The van der Waals surface area contributed by atoms with E-state index >= 15 is 0 Å². The molecule has 1 aromatic heterocycles. The van der Waals surface area contributed by atoms with E-state index in [4.69, 9.17) is 11.6 Å². The molecule has 0 atom stereocenters. The summed E-state index contributed by atoms with van der Waals surface area (Å²) in [4.78, 5) is 3.93. The van der Waals surface area contributed by atoms with E-state index in [0.717, 1.165) is 5.56 Å². The molecule has 1 heterocycles.